The first-order valence-corrected chi connectivity index (χ1v) is 10.4. The first kappa shape index (κ1) is 22.7. The Hall–Kier alpha value is -1.99. The molecule has 0 aromatic carbocycles. The third kappa shape index (κ3) is 5.58. The second-order valence-corrected chi connectivity index (χ2v) is 8.16. The van der Waals surface area contributed by atoms with E-state index in [1.165, 1.54) is 0 Å². The monoisotopic (exact) mass is 452 g/mol. The molecule has 0 bridgehead atoms. The Labute approximate surface area is 174 Å². The molecule has 3 aliphatic rings. The highest BCUT2D eigenvalue weighted by atomic mass is 32.1. The molecule has 9 nitrogen and oxygen atoms in total. The zero-order valence-corrected chi connectivity index (χ0v) is 17.0. The number of aliphatic carboxylic acids is 1. The first-order chi connectivity index (χ1) is 14.2. The number of morpholine rings is 1. The Morgan fingerprint density at radius 1 is 1.20 bits per heavy atom. The number of ether oxygens (including phenoxy) is 2. The zero-order chi connectivity index (χ0) is 21.8. The van der Waals surface area contributed by atoms with E-state index in [0.29, 0.717) is 32.9 Å². The lowest BCUT2D eigenvalue weighted by atomic mass is 9.85. The summed E-state index contributed by atoms with van der Waals surface area (Å²) in [5, 5.41) is 16.2. The summed E-state index contributed by atoms with van der Waals surface area (Å²) in [7, 11) is 0. The summed E-state index contributed by atoms with van der Waals surface area (Å²) in [6.45, 7) is 5.15. The molecule has 4 rings (SSSR count). The number of carbonyl (C=O) groups is 2. The van der Waals surface area contributed by atoms with Crippen LogP contribution in [0.15, 0.2) is 5.51 Å². The van der Waals surface area contributed by atoms with Crippen LogP contribution in [0.5, 0.6) is 0 Å². The number of aromatic nitrogens is 2. The third-order valence-electron chi connectivity index (χ3n) is 5.42. The number of anilines is 1. The van der Waals surface area contributed by atoms with Gasteiger partial charge in [-0.1, -0.05) is 11.3 Å². The van der Waals surface area contributed by atoms with Gasteiger partial charge in [0.25, 0.3) is 0 Å². The molecule has 168 valence electrons. The maximum Gasteiger partial charge on any atom is 0.490 e. The van der Waals surface area contributed by atoms with Gasteiger partial charge < -0.3 is 24.4 Å². The number of hydrogen-bond donors (Lipinski definition) is 1. The molecule has 0 saturated carbocycles. The van der Waals surface area contributed by atoms with Crippen LogP contribution in [0, 0.1) is 5.92 Å². The summed E-state index contributed by atoms with van der Waals surface area (Å²) in [5.74, 6) is -2.49. The Morgan fingerprint density at radius 3 is 2.37 bits per heavy atom. The number of carboxylic acids is 1. The van der Waals surface area contributed by atoms with Crippen molar-refractivity contribution in [3.8, 4) is 0 Å². The average Bonchev–Trinajstić information content (AvgIpc) is 3.40. The highest BCUT2D eigenvalue weighted by Crippen LogP contribution is 2.40. The van der Waals surface area contributed by atoms with Crippen LogP contribution in [0.25, 0.3) is 0 Å². The van der Waals surface area contributed by atoms with E-state index in [2.05, 4.69) is 15.1 Å². The highest BCUT2D eigenvalue weighted by Gasteiger charge is 2.46. The van der Waals surface area contributed by atoms with Gasteiger partial charge in [0.15, 0.2) is 0 Å². The van der Waals surface area contributed by atoms with E-state index >= 15 is 0 Å². The van der Waals surface area contributed by atoms with E-state index in [9.17, 15) is 18.0 Å². The van der Waals surface area contributed by atoms with Crippen molar-refractivity contribution in [1.29, 1.82) is 0 Å². The molecule has 1 N–H and O–H groups in total. The molecule has 0 radical (unpaired) electrons. The Bertz CT molecular complexity index is 719. The molecular formula is C17H23F3N4O5S. The molecule has 1 aromatic heterocycles. The molecule has 4 heterocycles. The average molecular weight is 452 g/mol. The van der Waals surface area contributed by atoms with Crippen LogP contribution in [0.3, 0.4) is 0 Å². The van der Waals surface area contributed by atoms with Crippen LogP contribution in [0.1, 0.15) is 19.3 Å². The van der Waals surface area contributed by atoms with Crippen LogP contribution in [0.2, 0.25) is 0 Å². The smallest absolute Gasteiger partial charge is 0.475 e. The van der Waals surface area contributed by atoms with Gasteiger partial charge in [-0.25, -0.2) is 4.79 Å². The summed E-state index contributed by atoms with van der Waals surface area (Å²) in [5.41, 5.74) is 1.65. The van der Waals surface area contributed by atoms with Crippen molar-refractivity contribution in [2.24, 2.45) is 5.92 Å². The number of hydrogen-bond acceptors (Lipinski definition) is 8. The van der Waals surface area contributed by atoms with Crippen LogP contribution in [0.4, 0.5) is 18.3 Å². The number of halogens is 3. The van der Waals surface area contributed by atoms with Crippen molar-refractivity contribution < 1.29 is 37.3 Å². The van der Waals surface area contributed by atoms with Crippen molar-refractivity contribution in [1.82, 2.24) is 15.1 Å². The predicted molar refractivity (Wildman–Crippen MR) is 99.2 cm³/mol. The number of nitrogens with zero attached hydrogens (tertiary/aromatic N) is 4. The van der Waals surface area contributed by atoms with E-state index in [1.807, 2.05) is 4.90 Å². The second-order valence-electron chi connectivity index (χ2n) is 7.34. The molecule has 13 heteroatoms. The predicted octanol–water partition coefficient (Wildman–Crippen LogP) is 1.41. The normalized spacial score (nSPS) is 23.8. The van der Waals surface area contributed by atoms with Gasteiger partial charge in [-0.15, -0.1) is 10.2 Å². The topological polar surface area (TPSA) is 105 Å². The van der Waals surface area contributed by atoms with Crippen LogP contribution in [-0.2, 0) is 19.1 Å². The molecule has 1 spiro atoms. The van der Waals surface area contributed by atoms with Gasteiger partial charge >= 0.3 is 12.1 Å². The summed E-state index contributed by atoms with van der Waals surface area (Å²) in [4.78, 5) is 25.7. The van der Waals surface area contributed by atoms with Crippen LogP contribution < -0.4 is 4.90 Å². The van der Waals surface area contributed by atoms with Crippen molar-refractivity contribution in [3.05, 3.63) is 5.51 Å². The fourth-order valence-electron chi connectivity index (χ4n) is 3.80. The van der Waals surface area contributed by atoms with Gasteiger partial charge in [0.05, 0.1) is 31.3 Å². The number of alkyl halides is 3. The molecule has 3 saturated heterocycles. The van der Waals surface area contributed by atoms with Crippen LogP contribution in [-0.4, -0.2) is 89.9 Å². The minimum atomic E-state index is -5.08. The van der Waals surface area contributed by atoms with Crippen molar-refractivity contribution in [2.45, 2.75) is 31.0 Å². The number of piperidine rings is 1. The molecule has 3 aliphatic heterocycles. The minimum absolute atomic E-state index is 0.0150. The lowest BCUT2D eigenvalue weighted by Gasteiger charge is -2.38. The summed E-state index contributed by atoms with van der Waals surface area (Å²) < 4.78 is 43.2. The highest BCUT2D eigenvalue weighted by molar-refractivity contribution is 7.13. The SMILES string of the molecule is O=C(C1COC2(CCN(c3nncs3)CC2)C1)N1CCOCC1.O=C(O)C(F)(F)F. The maximum atomic E-state index is 12.6. The number of rotatable bonds is 2. The van der Waals surface area contributed by atoms with Gasteiger partial charge in [-0.05, 0) is 19.3 Å². The fourth-order valence-corrected chi connectivity index (χ4v) is 4.42. The molecular weight excluding hydrogens is 429 g/mol. The largest absolute Gasteiger partial charge is 0.490 e. The van der Waals surface area contributed by atoms with Gasteiger partial charge in [0.1, 0.15) is 5.51 Å². The van der Waals surface area contributed by atoms with Gasteiger partial charge in [0, 0.05) is 26.2 Å². The zero-order valence-electron chi connectivity index (χ0n) is 16.1. The summed E-state index contributed by atoms with van der Waals surface area (Å²) in [6.07, 6.45) is -2.31. The Morgan fingerprint density at radius 2 is 1.83 bits per heavy atom. The molecule has 30 heavy (non-hydrogen) atoms. The van der Waals surface area contributed by atoms with Crippen molar-refractivity contribution in [2.75, 3.05) is 50.9 Å². The third-order valence-corrected chi connectivity index (χ3v) is 6.17. The maximum absolute atomic E-state index is 12.6. The molecule has 3 fully saturated rings. The van der Waals surface area contributed by atoms with E-state index in [1.54, 1.807) is 16.8 Å². The quantitative estimate of drug-likeness (QED) is 0.718. The Balaban J connectivity index is 0.000000318. The second kappa shape index (κ2) is 9.43. The molecule has 1 amide bonds. The lowest BCUT2D eigenvalue weighted by Crippen LogP contribution is -2.46. The molecule has 1 aromatic rings. The summed E-state index contributed by atoms with van der Waals surface area (Å²) >= 11 is 1.57. The van der Waals surface area contributed by atoms with Crippen LogP contribution >= 0.6 is 11.3 Å². The van der Waals surface area contributed by atoms with Crippen molar-refractivity contribution >= 4 is 28.3 Å². The number of amides is 1. The molecule has 1 unspecified atom stereocenters. The van der Waals surface area contributed by atoms with Gasteiger partial charge in [-0.3, -0.25) is 4.79 Å². The van der Waals surface area contributed by atoms with Gasteiger partial charge in [0.2, 0.25) is 11.0 Å². The summed E-state index contributed by atoms with van der Waals surface area (Å²) in [6, 6.07) is 0. The number of carbonyl (C=O) groups excluding carboxylic acids is 1. The van der Waals surface area contributed by atoms with E-state index in [-0.39, 0.29) is 17.4 Å². The van der Waals surface area contributed by atoms with E-state index < -0.39 is 12.1 Å². The van der Waals surface area contributed by atoms with E-state index in [0.717, 1.165) is 37.5 Å². The lowest BCUT2D eigenvalue weighted by molar-refractivity contribution is -0.192. The first-order valence-electron chi connectivity index (χ1n) is 9.52. The Kier molecular flexibility index (Phi) is 7.14. The van der Waals surface area contributed by atoms with Crippen molar-refractivity contribution in [3.63, 3.8) is 0 Å². The number of carboxylic acid groups (broad SMARTS) is 1. The standard InChI is InChI=1S/C15H22N4O3S.C2HF3O2/c20-13(18-5-7-21-8-6-18)12-9-15(22-10-12)1-3-19(4-2-15)14-17-16-11-23-14;3-2(4,5)1(6)7/h11-12H,1-10H2;(H,6,7). The fraction of sp³-hybridized carbons (Fsp3) is 0.765. The molecule has 1 atom stereocenters. The van der Waals surface area contributed by atoms with E-state index in [4.69, 9.17) is 19.4 Å². The minimum Gasteiger partial charge on any atom is -0.475 e. The van der Waals surface area contributed by atoms with Gasteiger partial charge in [-0.2, -0.15) is 13.2 Å². The molecule has 0 aliphatic carbocycles.